The SMILES string of the molecule is COCCCCn1c(-c2ccccc2)nc2c1CCNC2. The molecule has 112 valence electrons. The first-order valence-corrected chi connectivity index (χ1v) is 7.73. The maximum Gasteiger partial charge on any atom is 0.140 e. The Morgan fingerprint density at radius 3 is 2.90 bits per heavy atom. The van der Waals surface area contributed by atoms with Crippen LogP contribution in [0.4, 0.5) is 0 Å². The monoisotopic (exact) mass is 285 g/mol. The van der Waals surface area contributed by atoms with Crippen molar-refractivity contribution in [3.8, 4) is 11.4 Å². The van der Waals surface area contributed by atoms with Crippen LogP contribution in [0.25, 0.3) is 11.4 Å². The number of ether oxygens (including phenoxy) is 1. The molecule has 0 saturated carbocycles. The van der Waals surface area contributed by atoms with E-state index in [4.69, 9.17) is 9.72 Å². The Balaban J connectivity index is 1.89. The molecule has 0 radical (unpaired) electrons. The van der Waals surface area contributed by atoms with Gasteiger partial charge in [0.2, 0.25) is 0 Å². The summed E-state index contributed by atoms with van der Waals surface area (Å²) in [5, 5.41) is 3.41. The molecule has 0 unspecified atom stereocenters. The molecule has 2 aromatic rings. The van der Waals surface area contributed by atoms with Gasteiger partial charge in [0.1, 0.15) is 5.82 Å². The van der Waals surface area contributed by atoms with E-state index in [1.807, 2.05) is 0 Å². The van der Waals surface area contributed by atoms with Crippen LogP contribution in [0.5, 0.6) is 0 Å². The average Bonchev–Trinajstić information content (AvgIpc) is 2.91. The molecule has 1 aromatic carbocycles. The minimum Gasteiger partial charge on any atom is -0.385 e. The van der Waals surface area contributed by atoms with Crippen molar-refractivity contribution in [1.29, 1.82) is 0 Å². The molecule has 4 heteroatoms. The number of rotatable bonds is 6. The van der Waals surface area contributed by atoms with Gasteiger partial charge in [-0.25, -0.2) is 4.98 Å². The van der Waals surface area contributed by atoms with Crippen LogP contribution in [0.2, 0.25) is 0 Å². The first-order valence-electron chi connectivity index (χ1n) is 7.73. The summed E-state index contributed by atoms with van der Waals surface area (Å²) in [6, 6.07) is 10.5. The Hall–Kier alpha value is -1.65. The molecular formula is C17H23N3O. The highest BCUT2D eigenvalue weighted by Gasteiger charge is 2.20. The maximum absolute atomic E-state index is 5.15. The summed E-state index contributed by atoms with van der Waals surface area (Å²) in [4.78, 5) is 4.89. The summed E-state index contributed by atoms with van der Waals surface area (Å²) in [6.07, 6.45) is 3.29. The van der Waals surface area contributed by atoms with Gasteiger partial charge in [0.15, 0.2) is 0 Å². The first kappa shape index (κ1) is 14.3. The number of hydrogen-bond donors (Lipinski definition) is 1. The quantitative estimate of drug-likeness (QED) is 0.829. The molecule has 21 heavy (non-hydrogen) atoms. The van der Waals surface area contributed by atoms with Gasteiger partial charge in [-0.3, -0.25) is 0 Å². The molecule has 4 nitrogen and oxygen atoms in total. The van der Waals surface area contributed by atoms with Gasteiger partial charge in [0.05, 0.1) is 5.69 Å². The zero-order chi connectivity index (χ0) is 14.5. The Labute approximate surface area is 126 Å². The van der Waals surface area contributed by atoms with Gasteiger partial charge < -0.3 is 14.6 Å². The van der Waals surface area contributed by atoms with Crippen LogP contribution in [-0.4, -0.2) is 29.8 Å². The van der Waals surface area contributed by atoms with Crippen LogP contribution in [0.3, 0.4) is 0 Å². The van der Waals surface area contributed by atoms with Crippen molar-refractivity contribution in [3.63, 3.8) is 0 Å². The fourth-order valence-electron chi connectivity index (χ4n) is 2.94. The Bertz CT molecular complexity index is 577. The first-order chi connectivity index (χ1) is 10.4. The van der Waals surface area contributed by atoms with Crippen molar-refractivity contribution < 1.29 is 4.74 Å². The second kappa shape index (κ2) is 6.87. The molecule has 2 heterocycles. The van der Waals surface area contributed by atoms with E-state index >= 15 is 0 Å². The minimum atomic E-state index is 0.832. The van der Waals surface area contributed by atoms with Gasteiger partial charge in [-0.05, 0) is 12.8 Å². The van der Waals surface area contributed by atoms with Crippen LogP contribution < -0.4 is 5.32 Å². The van der Waals surface area contributed by atoms with E-state index < -0.39 is 0 Å². The third-order valence-corrected chi connectivity index (χ3v) is 4.00. The lowest BCUT2D eigenvalue weighted by atomic mass is 10.1. The molecular weight excluding hydrogens is 262 g/mol. The molecule has 0 amide bonds. The van der Waals surface area contributed by atoms with E-state index in [0.29, 0.717) is 0 Å². The Morgan fingerprint density at radius 2 is 2.10 bits per heavy atom. The third-order valence-electron chi connectivity index (χ3n) is 4.00. The maximum atomic E-state index is 5.15. The highest BCUT2D eigenvalue weighted by molar-refractivity contribution is 5.57. The van der Waals surface area contributed by atoms with Crippen molar-refractivity contribution in [3.05, 3.63) is 41.7 Å². The average molecular weight is 285 g/mol. The summed E-state index contributed by atoms with van der Waals surface area (Å²) in [5.74, 6) is 1.11. The standard InChI is InChI=1S/C17H23N3O/c1-21-12-6-5-11-20-16-9-10-18-13-15(16)19-17(20)14-7-3-2-4-8-14/h2-4,7-8,18H,5-6,9-13H2,1H3. The zero-order valence-electron chi connectivity index (χ0n) is 12.6. The predicted molar refractivity (Wildman–Crippen MR) is 84.2 cm³/mol. The van der Waals surface area contributed by atoms with E-state index in [9.17, 15) is 0 Å². The molecule has 3 rings (SSSR count). The summed E-state index contributed by atoms with van der Waals surface area (Å²) >= 11 is 0. The Morgan fingerprint density at radius 1 is 1.24 bits per heavy atom. The van der Waals surface area contributed by atoms with Crippen molar-refractivity contribution >= 4 is 0 Å². The summed E-state index contributed by atoms with van der Waals surface area (Å²) < 4.78 is 7.57. The van der Waals surface area contributed by atoms with Crippen molar-refractivity contribution in [1.82, 2.24) is 14.9 Å². The number of nitrogens with zero attached hydrogens (tertiary/aromatic N) is 2. The molecule has 0 bridgehead atoms. The van der Waals surface area contributed by atoms with Crippen molar-refractivity contribution in [2.45, 2.75) is 32.4 Å². The third kappa shape index (κ3) is 3.17. The molecule has 1 N–H and O–H groups in total. The zero-order valence-corrected chi connectivity index (χ0v) is 12.6. The smallest absolute Gasteiger partial charge is 0.140 e. The van der Waals surface area contributed by atoms with E-state index in [0.717, 1.165) is 51.3 Å². The number of unbranched alkanes of at least 4 members (excludes halogenated alkanes) is 1. The van der Waals surface area contributed by atoms with Crippen LogP contribution in [0.1, 0.15) is 24.2 Å². The van der Waals surface area contributed by atoms with E-state index in [-0.39, 0.29) is 0 Å². The van der Waals surface area contributed by atoms with Crippen molar-refractivity contribution in [2.75, 3.05) is 20.3 Å². The molecule has 1 aromatic heterocycles. The number of hydrogen-bond acceptors (Lipinski definition) is 3. The number of fused-ring (bicyclic) bond motifs is 1. The fraction of sp³-hybridized carbons (Fsp3) is 0.471. The second-order valence-corrected chi connectivity index (χ2v) is 5.47. The summed E-state index contributed by atoms with van der Waals surface area (Å²) in [5.41, 5.74) is 3.83. The molecule has 0 fully saturated rings. The van der Waals surface area contributed by atoms with E-state index in [2.05, 4.69) is 40.2 Å². The number of aromatic nitrogens is 2. The van der Waals surface area contributed by atoms with Gasteiger partial charge in [-0.2, -0.15) is 0 Å². The number of methoxy groups -OCH3 is 1. The molecule has 1 aliphatic heterocycles. The van der Waals surface area contributed by atoms with Gasteiger partial charge in [-0.1, -0.05) is 30.3 Å². The van der Waals surface area contributed by atoms with Crippen LogP contribution in [0.15, 0.2) is 30.3 Å². The van der Waals surface area contributed by atoms with Gasteiger partial charge in [0, 0.05) is 51.0 Å². The number of nitrogens with one attached hydrogen (secondary N) is 1. The number of benzene rings is 1. The van der Waals surface area contributed by atoms with Crippen LogP contribution in [-0.2, 0) is 24.2 Å². The Kier molecular flexibility index (Phi) is 4.68. The normalized spacial score (nSPS) is 14.1. The van der Waals surface area contributed by atoms with Crippen LogP contribution >= 0.6 is 0 Å². The predicted octanol–water partition coefficient (Wildman–Crippen LogP) is 2.62. The molecule has 1 aliphatic rings. The highest BCUT2D eigenvalue weighted by Crippen LogP contribution is 2.25. The molecule has 0 aliphatic carbocycles. The number of imidazole rings is 1. The summed E-state index contributed by atoms with van der Waals surface area (Å²) in [6.45, 7) is 3.79. The van der Waals surface area contributed by atoms with Crippen molar-refractivity contribution in [2.24, 2.45) is 0 Å². The minimum absolute atomic E-state index is 0.832. The van der Waals surface area contributed by atoms with E-state index in [1.54, 1.807) is 7.11 Å². The lowest BCUT2D eigenvalue weighted by Crippen LogP contribution is -2.25. The van der Waals surface area contributed by atoms with Gasteiger partial charge in [-0.15, -0.1) is 0 Å². The van der Waals surface area contributed by atoms with Gasteiger partial charge in [0.25, 0.3) is 0 Å². The highest BCUT2D eigenvalue weighted by atomic mass is 16.5. The van der Waals surface area contributed by atoms with Gasteiger partial charge >= 0.3 is 0 Å². The lowest BCUT2D eigenvalue weighted by molar-refractivity contribution is 0.191. The summed E-state index contributed by atoms with van der Waals surface area (Å²) in [7, 11) is 1.76. The molecule has 0 atom stereocenters. The fourth-order valence-corrected chi connectivity index (χ4v) is 2.94. The largest absolute Gasteiger partial charge is 0.385 e. The van der Waals surface area contributed by atoms with Crippen LogP contribution in [0, 0.1) is 0 Å². The van der Waals surface area contributed by atoms with E-state index in [1.165, 1.54) is 17.0 Å². The topological polar surface area (TPSA) is 39.1 Å². The second-order valence-electron chi connectivity index (χ2n) is 5.47. The molecule has 0 spiro atoms. The lowest BCUT2D eigenvalue weighted by Gasteiger charge is -2.16. The molecule has 0 saturated heterocycles.